The molecule has 4 heteroatoms. The number of benzene rings is 1. The van der Waals surface area contributed by atoms with E-state index in [-0.39, 0.29) is 11.9 Å². The van der Waals surface area contributed by atoms with E-state index in [4.69, 9.17) is 10.7 Å². The smallest absolute Gasteiger partial charge is 0.125 e. The highest BCUT2D eigenvalue weighted by molar-refractivity contribution is 5.46. The van der Waals surface area contributed by atoms with Crippen molar-refractivity contribution in [1.29, 1.82) is 0 Å². The molecule has 0 saturated carbocycles. The van der Waals surface area contributed by atoms with Crippen LogP contribution < -0.4 is 10.8 Å². The maximum absolute atomic E-state index is 13.0. The van der Waals surface area contributed by atoms with E-state index < -0.39 is 0 Å². The van der Waals surface area contributed by atoms with Crippen LogP contribution in [0.3, 0.4) is 0 Å². The lowest BCUT2D eigenvalue weighted by atomic mass is 10.1. The Morgan fingerprint density at radius 2 is 2.07 bits per heavy atom. The molecule has 3 nitrogen and oxygen atoms in total. The first-order chi connectivity index (χ1) is 7.29. The minimum Gasteiger partial charge on any atom is -0.371 e. The number of nitrogens with two attached hydrogens (primary N) is 1. The van der Waals surface area contributed by atoms with E-state index in [0.29, 0.717) is 0 Å². The van der Waals surface area contributed by atoms with Crippen LogP contribution in [-0.2, 0) is 4.84 Å². The molecule has 2 rings (SSSR count). The predicted octanol–water partition coefficient (Wildman–Crippen LogP) is 1.68. The third-order valence-electron chi connectivity index (χ3n) is 2.81. The number of hydrogen-bond donors (Lipinski definition) is 1. The molecule has 1 heterocycles. The third kappa shape index (κ3) is 2.46. The van der Waals surface area contributed by atoms with Gasteiger partial charge in [-0.1, -0.05) is 6.07 Å². The Hall–Kier alpha value is -1.13. The molecule has 0 aliphatic carbocycles. The monoisotopic (exact) mass is 210 g/mol. The Labute approximate surface area is 88.6 Å². The van der Waals surface area contributed by atoms with Gasteiger partial charge in [-0.2, -0.15) is 0 Å². The lowest BCUT2D eigenvalue weighted by Crippen LogP contribution is -2.38. The topological polar surface area (TPSA) is 38.5 Å². The van der Waals surface area contributed by atoms with Gasteiger partial charge in [0.1, 0.15) is 5.82 Å². The Morgan fingerprint density at radius 1 is 1.33 bits per heavy atom. The third-order valence-corrected chi connectivity index (χ3v) is 2.81. The molecule has 15 heavy (non-hydrogen) atoms. The van der Waals surface area contributed by atoms with Gasteiger partial charge in [0.05, 0.1) is 6.10 Å². The second kappa shape index (κ2) is 4.59. The van der Waals surface area contributed by atoms with E-state index in [9.17, 15) is 4.39 Å². The molecule has 0 amide bonds. The van der Waals surface area contributed by atoms with Crippen LogP contribution in [0.1, 0.15) is 12.8 Å². The molecular formula is C11H15FN2O. The zero-order chi connectivity index (χ0) is 10.7. The van der Waals surface area contributed by atoms with Gasteiger partial charge in [0.25, 0.3) is 0 Å². The van der Waals surface area contributed by atoms with Crippen molar-refractivity contribution in [2.75, 3.05) is 18.0 Å². The van der Waals surface area contributed by atoms with Gasteiger partial charge in [-0.05, 0) is 31.0 Å². The van der Waals surface area contributed by atoms with Crippen LogP contribution in [0.25, 0.3) is 0 Å². The number of hydrogen-bond acceptors (Lipinski definition) is 3. The molecule has 82 valence electrons. The van der Waals surface area contributed by atoms with Gasteiger partial charge in [0.2, 0.25) is 0 Å². The molecule has 0 unspecified atom stereocenters. The van der Waals surface area contributed by atoms with Crippen molar-refractivity contribution in [2.24, 2.45) is 5.90 Å². The average molecular weight is 210 g/mol. The standard InChI is InChI=1S/C11H15FN2O/c12-9-2-1-3-10(8-9)14-6-4-11(15-13)5-7-14/h1-3,8,11H,4-7,13H2. The van der Waals surface area contributed by atoms with Crippen LogP contribution in [0.2, 0.25) is 0 Å². The van der Waals surface area contributed by atoms with Gasteiger partial charge in [0.15, 0.2) is 0 Å². The fourth-order valence-electron chi connectivity index (χ4n) is 1.92. The van der Waals surface area contributed by atoms with Crippen LogP contribution in [0.5, 0.6) is 0 Å². The first-order valence-corrected chi connectivity index (χ1v) is 5.15. The van der Waals surface area contributed by atoms with Crippen LogP contribution in [0, 0.1) is 5.82 Å². The van der Waals surface area contributed by atoms with Gasteiger partial charge in [-0.25, -0.2) is 10.3 Å². The van der Waals surface area contributed by atoms with Crippen LogP contribution in [0.15, 0.2) is 24.3 Å². The number of halogens is 1. The maximum atomic E-state index is 13.0. The lowest BCUT2D eigenvalue weighted by molar-refractivity contribution is 0.0367. The molecule has 0 radical (unpaired) electrons. The molecule has 1 fully saturated rings. The van der Waals surface area contributed by atoms with Crippen molar-refractivity contribution in [3.05, 3.63) is 30.1 Å². The number of nitrogens with zero attached hydrogens (tertiary/aromatic N) is 1. The second-order valence-electron chi connectivity index (χ2n) is 3.80. The van der Waals surface area contributed by atoms with E-state index in [1.807, 2.05) is 6.07 Å². The van der Waals surface area contributed by atoms with Crippen LogP contribution in [0.4, 0.5) is 10.1 Å². The van der Waals surface area contributed by atoms with Crippen molar-refractivity contribution >= 4 is 5.69 Å². The first-order valence-electron chi connectivity index (χ1n) is 5.15. The predicted molar refractivity (Wildman–Crippen MR) is 56.9 cm³/mol. The highest BCUT2D eigenvalue weighted by atomic mass is 19.1. The molecular weight excluding hydrogens is 195 g/mol. The Bertz CT molecular complexity index is 324. The molecule has 1 saturated heterocycles. The normalized spacial score (nSPS) is 18.1. The summed E-state index contributed by atoms with van der Waals surface area (Å²) < 4.78 is 13.0. The number of rotatable bonds is 2. The molecule has 1 aliphatic heterocycles. The van der Waals surface area contributed by atoms with Crippen molar-refractivity contribution in [1.82, 2.24) is 0 Å². The fourth-order valence-corrected chi connectivity index (χ4v) is 1.92. The zero-order valence-corrected chi connectivity index (χ0v) is 8.53. The lowest BCUT2D eigenvalue weighted by Gasteiger charge is -2.32. The summed E-state index contributed by atoms with van der Waals surface area (Å²) in [6.07, 6.45) is 1.94. The van der Waals surface area contributed by atoms with Gasteiger partial charge in [-0.15, -0.1) is 0 Å². The molecule has 1 aromatic carbocycles. The fraction of sp³-hybridized carbons (Fsp3) is 0.455. The molecule has 0 bridgehead atoms. The van der Waals surface area contributed by atoms with Gasteiger partial charge in [-0.3, -0.25) is 0 Å². The summed E-state index contributed by atoms with van der Waals surface area (Å²) in [6.45, 7) is 1.73. The minimum atomic E-state index is -0.190. The first kappa shape index (κ1) is 10.4. The van der Waals surface area contributed by atoms with Crippen molar-refractivity contribution in [3.63, 3.8) is 0 Å². The van der Waals surface area contributed by atoms with Gasteiger partial charge in [0, 0.05) is 18.8 Å². The quantitative estimate of drug-likeness (QED) is 0.755. The molecule has 0 spiro atoms. The van der Waals surface area contributed by atoms with E-state index in [1.165, 1.54) is 6.07 Å². The number of piperidine rings is 1. The average Bonchev–Trinajstić information content (AvgIpc) is 2.29. The van der Waals surface area contributed by atoms with Gasteiger partial charge >= 0.3 is 0 Å². The summed E-state index contributed by atoms with van der Waals surface area (Å²) in [5.41, 5.74) is 0.936. The molecule has 0 atom stereocenters. The van der Waals surface area contributed by atoms with E-state index in [1.54, 1.807) is 12.1 Å². The Balaban J connectivity index is 2.01. The summed E-state index contributed by atoms with van der Waals surface area (Å²) in [7, 11) is 0. The van der Waals surface area contributed by atoms with E-state index in [2.05, 4.69) is 4.90 Å². The highest BCUT2D eigenvalue weighted by Gasteiger charge is 2.19. The summed E-state index contributed by atoms with van der Waals surface area (Å²) in [6, 6.07) is 6.67. The summed E-state index contributed by atoms with van der Waals surface area (Å²) in [5.74, 6) is 4.94. The molecule has 1 aromatic rings. The van der Waals surface area contributed by atoms with Crippen molar-refractivity contribution in [2.45, 2.75) is 18.9 Å². The zero-order valence-electron chi connectivity index (χ0n) is 8.53. The minimum absolute atomic E-state index is 0.148. The highest BCUT2D eigenvalue weighted by Crippen LogP contribution is 2.21. The second-order valence-corrected chi connectivity index (χ2v) is 3.80. The summed E-state index contributed by atoms with van der Waals surface area (Å²) in [4.78, 5) is 6.95. The van der Waals surface area contributed by atoms with Gasteiger partial charge < -0.3 is 9.74 Å². The Morgan fingerprint density at radius 3 is 2.67 bits per heavy atom. The van der Waals surface area contributed by atoms with Crippen molar-refractivity contribution < 1.29 is 9.23 Å². The summed E-state index contributed by atoms with van der Waals surface area (Å²) >= 11 is 0. The molecule has 1 aliphatic rings. The van der Waals surface area contributed by atoms with Crippen LogP contribution >= 0.6 is 0 Å². The number of anilines is 1. The molecule has 2 N–H and O–H groups in total. The largest absolute Gasteiger partial charge is 0.371 e. The van der Waals surface area contributed by atoms with E-state index >= 15 is 0 Å². The van der Waals surface area contributed by atoms with Crippen molar-refractivity contribution in [3.8, 4) is 0 Å². The maximum Gasteiger partial charge on any atom is 0.125 e. The molecule has 0 aromatic heterocycles. The van der Waals surface area contributed by atoms with Crippen LogP contribution in [-0.4, -0.2) is 19.2 Å². The Kier molecular flexibility index (Phi) is 3.18. The van der Waals surface area contributed by atoms with E-state index in [0.717, 1.165) is 31.6 Å². The SMILES string of the molecule is NOC1CCN(c2cccc(F)c2)CC1. The summed E-state index contributed by atoms with van der Waals surface area (Å²) in [5, 5.41) is 0.